The van der Waals surface area contributed by atoms with E-state index in [-0.39, 0.29) is 17.2 Å². The van der Waals surface area contributed by atoms with Gasteiger partial charge in [-0.1, -0.05) is 18.2 Å². The molecule has 126 valence electrons. The van der Waals surface area contributed by atoms with Crippen LogP contribution in [-0.2, 0) is 0 Å². The molecule has 0 bridgehead atoms. The number of benzene rings is 2. The number of aromatic nitrogens is 1. The number of non-ortho nitro benzene ring substituents is 1. The van der Waals surface area contributed by atoms with Gasteiger partial charge in [-0.25, -0.2) is 5.84 Å². The highest BCUT2D eigenvalue weighted by Crippen LogP contribution is 2.27. The average molecular weight is 338 g/mol. The number of carbonyl (C=O) groups is 2. The fourth-order valence-corrected chi connectivity index (χ4v) is 2.84. The van der Waals surface area contributed by atoms with Crippen LogP contribution < -0.4 is 11.3 Å². The largest absolute Gasteiger partial charge is 0.290 e. The molecule has 3 rings (SSSR count). The van der Waals surface area contributed by atoms with E-state index in [0.29, 0.717) is 22.2 Å². The quantitative estimate of drug-likeness (QED) is 0.328. The van der Waals surface area contributed by atoms with Gasteiger partial charge in [0.05, 0.1) is 16.0 Å². The van der Waals surface area contributed by atoms with Crippen LogP contribution >= 0.6 is 0 Å². The Labute approximate surface area is 142 Å². The van der Waals surface area contributed by atoms with Crippen molar-refractivity contribution in [1.29, 1.82) is 0 Å². The number of amides is 1. The summed E-state index contributed by atoms with van der Waals surface area (Å²) < 4.78 is 1.40. The zero-order chi connectivity index (χ0) is 18.1. The number of hydrazine groups is 1. The number of nitrogens with two attached hydrogens (primary N) is 1. The second kappa shape index (κ2) is 6.17. The maximum atomic E-state index is 12.9. The molecule has 0 aliphatic rings. The molecule has 0 atom stereocenters. The summed E-state index contributed by atoms with van der Waals surface area (Å²) in [6.45, 7) is 1.65. The summed E-state index contributed by atoms with van der Waals surface area (Å²) in [5.41, 5.74) is 3.57. The predicted molar refractivity (Wildman–Crippen MR) is 91.2 cm³/mol. The van der Waals surface area contributed by atoms with Gasteiger partial charge in [-0.15, -0.1) is 0 Å². The van der Waals surface area contributed by atoms with Crippen molar-refractivity contribution in [3.63, 3.8) is 0 Å². The molecule has 1 amide bonds. The van der Waals surface area contributed by atoms with Gasteiger partial charge in [-0.05, 0) is 25.1 Å². The van der Waals surface area contributed by atoms with Gasteiger partial charge in [0.15, 0.2) is 0 Å². The van der Waals surface area contributed by atoms with Crippen LogP contribution in [0.1, 0.15) is 26.4 Å². The van der Waals surface area contributed by atoms with Crippen LogP contribution in [-0.4, -0.2) is 21.3 Å². The standard InChI is InChI=1S/C17H14N4O4/c1-10-15(16(22)19-18)13-4-2-3-5-14(13)20(10)17(23)11-6-8-12(9-7-11)21(24)25/h2-9H,18H2,1H3,(H,19,22). The van der Waals surface area contributed by atoms with E-state index in [2.05, 4.69) is 5.43 Å². The third-order valence-corrected chi connectivity index (χ3v) is 4.00. The van der Waals surface area contributed by atoms with Crippen molar-refractivity contribution in [1.82, 2.24) is 9.99 Å². The molecule has 1 heterocycles. The average Bonchev–Trinajstić information content (AvgIpc) is 2.92. The summed E-state index contributed by atoms with van der Waals surface area (Å²) in [5, 5.41) is 11.3. The topological polar surface area (TPSA) is 120 Å². The number of carbonyl (C=O) groups excluding carboxylic acids is 2. The number of nitrogens with one attached hydrogen (secondary N) is 1. The number of nitro benzene ring substituents is 1. The van der Waals surface area contributed by atoms with Crippen molar-refractivity contribution in [2.24, 2.45) is 5.84 Å². The van der Waals surface area contributed by atoms with Crippen molar-refractivity contribution >= 4 is 28.4 Å². The number of nitro groups is 1. The molecule has 8 heteroatoms. The summed E-state index contributed by atoms with van der Waals surface area (Å²) in [7, 11) is 0. The van der Waals surface area contributed by atoms with Crippen molar-refractivity contribution in [2.45, 2.75) is 6.92 Å². The van der Waals surface area contributed by atoms with Gasteiger partial charge in [0.1, 0.15) is 0 Å². The van der Waals surface area contributed by atoms with Gasteiger partial charge in [-0.2, -0.15) is 0 Å². The van der Waals surface area contributed by atoms with E-state index >= 15 is 0 Å². The number of fused-ring (bicyclic) bond motifs is 1. The molecule has 25 heavy (non-hydrogen) atoms. The molecule has 1 aromatic heterocycles. The van der Waals surface area contributed by atoms with Crippen LogP contribution in [0.5, 0.6) is 0 Å². The van der Waals surface area contributed by atoms with Gasteiger partial charge in [-0.3, -0.25) is 29.7 Å². The number of hydrogen-bond acceptors (Lipinski definition) is 5. The Balaban J connectivity index is 2.18. The number of para-hydroxylation sites is 1. The van der Waals surface area contributed by atoms with Crippen LogP contribution in [0.4, 0.5) is 5.69 Å². The Bertz CT molecular complexity index is 1010. The van der Waals surface area contributed by atoms with E-state index in [1.54, 1.807) is 31.2 Å². The van der Waals surface area contributed by atoms with Crippen molar-refractivity contribution in [3.8, 4) is 0 Å². The van der Waals surface area contributed by atoms with E-state index in [1.807, 2.05) is 0 Å². The molecule has 0 saturated heterocycles. The Morgan fingerprint density at radius 3 is 2.36 bits per heavy atom. The van der Waals surface area contributed by atoms with E-state index in [1.165, 1.54) is 28.8 Å². The summed E-state index contributed by atoms with van der Waals surface area (Å²) in [4.78, 5) is 35.2. The normalized spacial score (nSPS) is 10.6. The predicted octanol–water partition coefficient (Wildman–Crippen LogP) is 2.15. The maximum absolute atomic E-state index is 12.9. The Morgan fingerprint density at radius 1 is 1.12 bits per heavy atom. The zero-order valence-electron chi connectivity index (χ0n) is 13.2. The Morgan fingerprint density at radius 2 is 1.76 bits per heavy atom. The number of rotatable bonds is 3. The molecule has 3 aromatic rings. The molecular formula is C17H14N4O4. The number of hydrogen-bond donors (Lipinski definition) is 2. The number of nitrogen functional groups attached to an aromatic ring is 1. The lowest BCUT2D eigenvalue weighted by Gasteiger charge is -2.07. The number of nitrogens with zero attached hydrogens (tertiary/aromatic N) is 2. The highest BCUT2D eigenvalue weighted by Gasteiger charge is 2.23. The molecule has 0 aliphatic heterocycles. The molecule has 0 radical (unpaired) electrons. The first-order chi connectivity index (χ1) is 12.0. The molecule has 0 aliphatic carbocycles. The molecule has 0 spiro atoms. The highest BCUT2D eigenvalue weighted by atomic mass is 16.6. The fourth-order valence-electron chi connectivity index (χ4n) is 2.84. The first-order valence-corrected chi connectivity index (χ1v) is 7.36. The van der Waals surface area contributed by atoms with E-state index in [0.717, 1.165) is 0 Å². The van der Waals surface area contributed by atoms with Crippen molar-refractivity contribution in [2.75, 3.05) is 0 Å². The van der Waals surface area contributed by atoms with Crippen molar-refractivity contribution in [3.05, 3.63) is 75.5 Å². The van der Waals surface area contributed by atoms with Gasteiger partial charge in [0, 0.05) is 28.8 Å². The fraction of sp³-hybridized carbons (Fsp3) is 0.0588. The third kappa shape index (κ3) is 2.64. The molecule has 3 N–H and O–H groups in total. The van der Waals surface area contributed by atoms with Crippen LogP contribution in [0, 0.1) is 17.0 Å². The van der Waals surface area contributed by atoms with E-state index in [4.69, 9.17) is 5.84 Å². The van der Waals surface area contributed by atoms with Crippen LogP contribution in [0.15, 0.2) is 48.5 Å². The first-order valence-electron chi connectivity index (χ1n) is 7.36. The summed E-state index contributed by atoms with van der Waals surface area (Å²) in [5.74, 6) is 4.36. The molecule has 8 nitrogen and oxygen atoms in total. The highest BCUT2D eigenvalue weighted by molar-refractivity contribution is 6.12. The van der Waals surface area contributed by atoms with E-state index < -0.39 is 10.8 Å². The molecule has 0 fully saturated rings. The monoisotopic (exact) mass is 338 g/mol. The maximum Gasteiger partial charge on any atom is 0.269 e. The second-order valence-electron chi connectivity index (χ2n) is 5.40. The molecule has 2 aromatic carbocycles. The first kappa shape index (κ1) is 16.3. The molecule has 0 unspecified atom stereocenters. The van der Waals surface area contributed by atoms with Crippen LogP contribution in [0.2, 0.25) is 0 Å². The SMILES string of the molecule is Cc1c(C(=O)NN)c2ccccc2n1C(=O)c1ccc([N+](=O)[O-])cc1. The lowest BCUT2D eigenvalue weighted by Crippen LogP contribution is -2.30. The molecular weight excluding hydrogens is 324 g/mol. The van der Waals surface area contributed by atoms with E-state index in [9.17, 15) is 19.7 Å². The summed E-state index contributed by atoms with van der Waals surface area (Å²) >= 11 is 0. The van der Waals surface area contributed by atoms with Gasteiger partial charge in [0.25, 0.3) is 17.5 Å². The van der Waals surface area contributed by atoms with Gasteiger partial charge >= 0.3 is 0 Å². The lowest BCUT2D eigenvalue weighted by atomic mass is 10.1. The lowest BCUT2D eigenvalue weighted by molar-refractivity contribution is -0.384. The molecule has 0 saturated carbocycles. The van der Waals surface area contributed by atoms with Crippen molar-refractivity contribution < 1.29 is 14.5 Å². The van der Waals surface area contributed by atoms with Gasteiger partial charge < -0.3 is 0 Å². The Hall–Kier alpha value is -3.52. The van der Waals surface area contributed by atoms with Gasteiger partial charge in [0.2, 0.25) is 0 Å². The van der Waals surface area contributed by atoms with Crippen LogP contribution in [0.25, 0.3) is 10.9 Å². The zero-order valence-corrected chi connectivity index (χ0v) is 13.2. The second-order valence-corrected chi connectivity index (χ2v) is 5.40. The third-order valence-electron chi connectivity index (χ3n) is 4.00. The summed E-state index contributed by atoms with van der Waals surface area (Å²) in [6.07, 6.45) is 0. The summed E-state index contributed by atoms with van der Waals surface area (Å²) in [6, 6.07) is 12.3. The minimum atomic E-state index is -0.533. The van der Waals surface area contributed by atoms with Crippen LogP contribution in [0.3, 0.4) is 0 Å². The minimum Gasteiger partial charge on any atom is -0.290 e. The minimum absolute atomic E-state index is 0.103. The smallest absolute Gasteiger partial charge is 0.269 e. The Kier molecular flexibility index (Phi) is 4.04.